The zero-order chi connectivity index (χ0) is 12.7. The van der Waals surface area contributed by atoms with Crippen molar-refractivity contribution in [3.63, 3.8) is 0 Å². The summed E-state index contributed by atoms with van der Waals surface area (Å²) in [5, 5.41) is 0. The second-order valence-electron chi connectivity index (χ2n) is 5.00. The Kier molecular flexibility index (Phi) is 6.52. The highest BCUT2D eigenvalue weighted by Gasteiger charge is 2.26. The van der Waals surface area contributed by atoms with E-state index in [1.807, 2.05) is 4.90 Å². The van der Waals surface area contributed by atoms with Gasteiger partial charge in [-0.3, -0.25) is 4.79 Å². The van der Waals surface area contributed by atoms with Crippen molar-refractivity contribution in [1.29, 1.82) is 0 Å². The van der Waals surface area contributed by atoms with Gasteiger partial charge in [0.2, 0.25) is 5.91 Å². The predicted molar refractivity (Wildman–Crippen MR) is 70.8 cm³/mol. The Labute approximate surface area is 105 Å². The summed E-state index contributed by atoms with van der Waals surface area (Å²) in [7, 11) is 0. The average Bonchev–Trinajstić information content (AvgIpc) is 2.58. The van der Waals surface area contributed by atoms with Gasteiger partial charge in [-0.05, 0) is 38.9 Å². The van der Waals surface area contributed by atoms with Crippen LogP contribution in [0.1, 0.15) is 39.5 Å². The quantitative estimate of drug-likeness (QED) is 0.691. The van der Waals surface area contributed by atoms with Crippen LogP contribution < -0.4 is 5.73 Å². The molecule has 1 amide bonds. The summed E-state index contributed by atoms with van der Waals surface area (Å²) in [5.41, 5.74) is 5.77. The van der Waals surface area contributed by atoms with E-state index in [2.05, 4.69) is 18.7 Å². The summed E-state index contributed by atoms with van der Waals surface area (Å²) < 4.78 is 0. The molecule has 1 aliphatic rings. The van der Waals surface area contributed by atoms with E-state index in [0.717, 1.165) is 26.1 Å². The zero-order valence-corrected chi connectivity index (χ0v) is 11.3. The molecule has 4 heteroatoms. The minimum atomic E-state index is 0.0601. The average molecular weight is 241 g/mol. The zero-order valence-electron chi connectivity index (χ0n) is 11.3. The van der Waals surface area contributed by atoms with E-state index in [-0.39, 0.29) is 11.9 Å². The van der Waals surface area contributed by atoms with Crippen molar-refractivity contribution < 1.29 is 4.79 Å². The van der Waals surface area contributed by atoms with E-state index in [0.29, 0.717) is 6.42 Å². The number of nitrogens with zero attached hydrogens (tertiary/aromatic N) is 2. The van der Waals surface area contributed by atoms with Gasteiger partial charge in [-0.25, -0.2) is 0 Å². The van der Waals surface area contributed by atoms with Crippen LogP contribution >= 0.6 is 0 Å². The van der Waals surface area contributed by atoms with Crippen molar-refractivity contribution in [2.45, 2.75) is 45.6 Å². The number of carbonyl (C=O) groups is 1. The Hall–Kier alpha value is -0.610. The van der Waals surface area contributed by atoms with Crippen molar-refractivity contribution in [2.24, 2.45) is 5.73 Å². The molecule has 1 unspecified atom stereocenters. The van der Waals surface area contributed by atoms with Gasteiger partial charge < -0.3 is 15.5 Å². The maximum atomic E-state index is 11.5. The fourth-order valence-electron chi connectivity index (χ4n) is 2.47. The topological polar surface area (TPSA) is 49.6 Å². The van der Waals surface area contributed by atoms with Gasteiger partial charge in [0.15, 0.2) is 0 Å². The fourth-order valence-corrected chi connectivity index (χ4v) is 2.47. The molecule has 0 aromatic heterocycles. The molecule has 4 nitrogen and oxygen atoms in total. The second kappa shape index (κ2) is 7.67. The molecule has 0 spiro atoms. The van der Waals surface area contributed by atoms with Crippen molar-refractivity contribution >= 4 is 5.91 Å². The van der Waals surface area contributed by atoms with Crippen LogP contribution in [0.2, 0.25) is 0 Å². The highest BCUT2D eigenvalue weighted by molar-refractivity contribution is 5.79. The van der Waals surface area contributed by atoms with Crippen LogP contribution in [0, 0.1) is 0 Å². The number of likely N-dealkylation sites (tertiary alicyclic amines) is 1. The van der Waals surface area contributed by atoms with Gasteiger partial charge in [-0.15, -0.1) is 0 Å². The fraction of sp³-hybridized carbons (Fsp3) is 0.923. The maximum absolute atomic E-state index is 11.5. The number of hydrogen-bond acceptors (Lipinski definition) is 3. The standard InChI is InChI=1S/C13H27N3O/c1-3-6-15(7-4-2)8-5-9-16-11-12(14)10-13(16)17/h12H,3-11,14H2,1-2H3. The number of nitrogens with two attached hydrogens (primary N) is 1. The number of hydrogen-bond donors (Lipinski definition) is 1. The van der Waals surface area contributed by atoms with Gasteiger partial charge in [-0.1, -0.05) is 13.8 Å². The monoisotopic (exact) mass is 241 g/mol. The van der Waals surface area contributed by atoms with E-state index >= 15 is 0 Å². The van der Waals surface area contributed by atoms with Gasteiger partial charge in [-0.2, -0.15) is 0 Å². The van der Waals surface area contributed by atoms with Gasteiger partial charge in [0.05, 0.1) is 0 Å². The smallest absolute Gasteiger partial charge is 0.224 e. The summed E-state index contributed by atoms with van der Waals surface area (Å²) in [6, 6.07) is 0.0601. The Bertz CT molecular complexity index is 227. The first-order valence-corrected chi connectivity index (χ1v) is 6.93. The molecule has 17 heavy (non-hydrogen) atoms. The van der Waals surface area contributed by atoms with E-state index in [9.17, 15) is 4.79 Å². The van der Waals surface area contributed by atoms with Crippen LogP contribution in [0.3, 0.4) is 0 Å². The molecular weight excluding hydrogens is 214 g/mol. The van der Waals surface area contributed by atoms with Crippen LogP contribution in [0.25, 0.3) is 0 Å². The van der Waals surface area contributed by atoms with Crippen molar-refractivity contribution in [1.82, 2.24) is 9.80 Å². The Morgan fingerprint density at radius 1 is 1.29 bits per heavy atom. The van der Waals surface area contributed by atoms with Crippen LogP contribution in [0.15, 0.2) is 0 Å². The van der Waals surface area contributed by atoms with Crippen LogP contribution in [-0.2, 0) is 4.79 Å². The third-order valence-electron chi connectivity index (χ3n) is 3.23. The lowest BCUT2D eigenvalue weighted by atomic mass is 10.3. The second-order valence-corrected chi connectivity index (χ2v) is 5.00. The summed E-state index contributed by atoms with van der Waals surface area (Å²) in [4.78, 5) is 15.9. The van der Waals surface area contributed by atoms with E-state index < -0.39 is 0 Å². The van der Waals surface area contributed by atoms with Crippen LogP contribution in [-0.4, -0.2) is 54.5 Å². The molecule has 1 atom stereocenters. The maximum Gasteiger partial charge on any atom is 0.224 e. The number of amides is 1. The largest absolute Gasteiger partial charge is 0.341 e. The molecule has 0 bridgehead atoms. The summed E-state index contributed by atoms with van der Waals surface area (Å²) in [5.74, 6) is 0.232. The molecule has 2 N–H and O–H groups in total. The van der Waals surface area contributed by atoms with Crippen molar-refractivity contribution in [3.05, 3.63) is 0 Å². The predicted octanol–water partition coefficient (Wildman–Crippen LogP) is 1.06. The molecule has 1 aliphatic heterocycles. The van der Waals surface area contributed by atoms with Gasteiger partial charge >= 0.3 is 0 Å². The first-order chi connectivity index (χ1) is 8.17. The third kappa shape index (κ3) is 5.04. The number of carbonyl (C=O) groups excluding carboxylic acids is 1. The van der Waals surface area contributed by atoms with E-state index in [4.69, 9.17) is 5.73 Å². The molecule has 1 rings (SSSR count). The highest BCUT2D eigenvalue weighted by atomic mass is 16.2. The SMILES string of the molecule is CCCN(CCC)CCCN1CC(N)CC1=O. The van der Waals surface area contributed by atoms with Crippen molar-refractivity contribution in [3.8, 4) is 0 Å². The normalized spacial score (nSPS) is 20.6. The third-order valence-corrected chi connectivity index (χ3v) is 3.23. The summed E-state index contributed by atoms with van der Waals surface area (Å²) >= 11 is 0. The summed E-state index contributed by atoms with van der Waals surface area (Å²) in [6.45, 7) is 9.48. The Morgan fingerprint density at radius 2 is 1.94 bits per heavy atom. The first-order valence-electron chi connectivity index (χ1n) is 6.93. The minimum Gasteiger partial charge on any atom is -0.341 e. The van der Waals surface area contributed by atoms with Gasteiger partial charge in [0, 0.05) is 25.6 Å². The highest BCUT2D eigenvalue weighted by Crippen LogP contribution is 2.09. The molecule has 1 saturated heterocycles. The molecule has 1 fully saturated rings. The van der Waals surface area contributed by atoms with E-state index in [1.54, 1.807) is 0 Å². The lowest BCUT2D eigenvalue weighted by Gasteiger charge is -2.23. The molecule has 0 radical (unpaired) electrons. The molecule has 0 saturated carbocycles. The molecule has 1 heterocycles. The van der Waals surface area contributed by atoms with E-state index in [1.165, 1.54) is 25.9 Å². The lowest BCUT2D eigenvalue weighted by molar-refractivity contribution is -0.127. The lowest BCUT2D eigenvalue weighted by Crippen LogP contribution is -2.33. The molecule has 0 aliphatic carbocycles. The first kappa shape index (κ1) is 14.5. The minimum absolute atomic E-state index is 0.0601. The Morgan fingerprint density at radius 3 is 2.41 bits per heavy atom. The van der Waals surface area contributed by atoms with Gasteiger partial charge in [0.25, 0.3) is 0 Å². The molecule has 0 aromatic rings. The van der Waals surface area contributed by atoms with Gasteiger partial charge in [0.1, 0.15) is 0 Å². The molecule has 100 valence electrons. The Balaban J connectivity index is 2.19. The molecular formula is C13H27N3O. The van der Waals surface area contributed by atoms with Crippen molar-refractivity contribution in [2.75, 3.05) is 32.7 Å². The summed E-state index contributed by atoms with van der Waals surface area (Å²) in [6.07, 6.45) is 4.01. The van der Waals surface area contributed by atoms with Crippen LogP contribution in [0.4, 0.5) is 0 Å². The number of rotatable bonds is 8. The van der Waals surface area contributed by atoms with Crippen LogP contribution in [0.5, 0.6) is 0 Å². The molecule has 0 aromatic carbocycles.